The first-order valence-corrected chi connectivity index (χ1v) is 19.6. The number of carbonyl (C=O) groups is 4. The van der Waals surface area contributed by atoms with Crippen LogP contribution in [0.2, 0.25) is 0 Å². The van der Waals surface area contributed by atoms with Gasteiger partial charge in [-0.25, -0.2) is 4.39 Å². The van der Waals surface area contributed by atoms with E-state index in [-0.39, 0.29) is 63.5 Å². The fourth-order valence-electron chi connectivity index (χ4n) is 12.6. The van der Waals surface area contributed by atoms with E-state index in [0.29, 0.717) is 23.9 Å². The normalized spacial score (nSPS) is 36.9. The number of Topliss-reactive ketones (excluding diaryl/α,β-unsaturated/α-hetero) is 1. The van der Waals surface area contributed by atoms with E-state index in [4.69, 9.17) is 4.74 Å². The maximum atomic E-state index is 13.9. The predicted molar refractivity (Wildman–Crippen MR) is 200 cm³/mol. The van der Waals surface area contributed by atoms with Gasteiger partial charge in [0.1, 0.15) is 11.9 Å². The van der Waals surface area contributed by atoms with Crippen LogP contribution in [0, 0.1) is 62.0 Å². The number of nitrogens with one attached hydrogen (secondary N) is 1. The first-order chi connectivity index (χ1) is 24.1. The number of esters is 1. The molecule has 5 aliphatic carbocycles. The summed E-state index contributed by atoms with van der Waals surface area (Å²) in [5.41, 5.74) is 0.891. The second kappa shape index (κ2) is 12.9. The molecule has 1 aromatic carbocycles. The summed E-state index contributed by atoms with van der Waals surface area (Å²) in [6.45, 7) is 19.4. The van der Waals surface area contributed by atoms with Crippen molar-refractivity contribution in [3.05, 3.63) is 53.4 Å². The molecule has 1 aromatic rings. The third-order valence-corrected chi connectivity index (χ3v) is 15.5. The molecule has 0 saturated heterocycles. The lowest BCUT2D eigenvalue weighted by Crippen LogP contribution is -2.65. The highest BCUT2D eigenvalue weighted by Gasteiger charge is 2.70. The number of carboxylic acid groups (broad SMARTS) is 1. The van der Waals surface area contributed by atoms with Crippen LogP contribution in [0.3, 0.4) is 0 Å². The largest absolute Gasteiger partial charge is 0.481 e. The van der Waals surface area contributed by atoms with Crippen molar-refractivity contribution in [2.24, 2.45) is 56.2 Å². The second-order valence-electron chi connectivity index (χ2n) is 19.4. The molecule has 0 spiro atoms. The average molecular weight is 718 g/mol. The van der Waals surface area contributed by atoms with Crippen LogP contribution in [0.15, 0.2) is 47.6 Å². The van der Waals surface area contributed by atoms with Crippen LogP contribution >= 0.6 is 0 Å². The molecular formula is C44H60FNO6. The number of anilines is 1. The van der Waals surface area contributed by atoms with Crippen molar-refractivity contribution in [2.45, 2.75) is 133 Å². The Morgan fingerprint density at radius 1 is 0.942 bits per heavy atom. The number of halogens is 1. The Labute approximate surface area is 309 Å². The van der Waals surface area contributed by atoms with Crippen LogP contribution in [0.1, 0.15) is 127 Å². The molecule has 8 heteroatoms. The molecule has 0 radical (unpaired) electrons. The van der Waals surface area contributed by atoms with Gasteiger partial charge < -0.3 is 15.2 Å². The average Bonchev–Trinajstić information content (AvgIpc) is 3.35. The summed E-state index contributed by atoms with van der Waals surface area (Å²) in [6.07, 6.45) is 11.3. The van der Waals surface area contributed by atoms with E-state index in [1.54, 1.807) is 32.1 Å². The Balaban J connectivity index is 1.28. The Hall–Kier alpha value is -3.29. The molecule has 0 aromatic heterocycles. The van der Waals surface area contributed by atoms with E-state index >= 15 is 0 Å². The highest BCUT2D eigenvalue weighted by atomic mass is 19.1. The molecule has 4 saturated carbocycles. The Morgan fingerprint density at radius 2 is 1.62 bits per heavy atom. The smallest absolute Gasteiger partial charge is 0.309 e. The number of ether oxygens (including phenoxy) is 1. The van der Waals surface area contributed by atoms with E-state index in [1.165, 1.54) is 17.7 Å². The third kappa shape index (κ3) is 5.98. The van der Waals surface area contributed by atoms with Gasteiger partial charge in [0.05, 0.1) is 11.8 Å². The monoisotopic (exact) mass is 717 g/mol. The van der Waals surface area contributed by atoms with Gasteiger partial charge >= 0.3 is 11.9 Å². The molecule has 2 N–H and O–H groups in total. The number of fused-ring (bicyclic) bond motifs is 7. The highest BCUT2D eigenvalue weighted by Crippen LogP contribution is 2.77. The van der Waals surface area contributed by atoms with E-state index in [2.05, 4.69) is 53.8 Å². The molecule has 7 nitrogen and oxygen atoms in total. The van der Waals surface area contributed by atoms with Gasteiger partial charge in [0.2, 0.25) is 5.91 Å². The SMILES string of the molecule is CC(C)C1=C2C3CC[C@@H]4C5(C)CC[C@H](OC(=O)CC(C)(C)C(=O)O)C(C)(C)[C@@H]5CC[C@@]4(C)[C@]3(C)CCC2(/C=C/C(=O)Nc2ccc(F)cc2)CC1=O. The molecule has 8 atom stereocenters. The number of amides is 1. The first kappa shape index (κ1) is 38.4. The maximum Gasteiger partial charge on any atom is 0.309 e. The van der Waals surface area contributed by atoms with Crippen LogP contribution in [0.5, 0.6) is 0 Å². The molecular weight excluding hydrogens is 657 g/mol. The number of hydrogen-bond acceptors (Lipinski definition) is 5. The van der Waals surface area contributed by atoms with Gasteiger partial charge in [-0.3, -0.25) is 19.2 Å². The standard InChI is InChI=1S/C44H60FNO6/c1-26(2)36-30(47)24-44(21-18-34(48)46-28-12-10-27(45)11-13-28)23-22-42(8)29(37(36)44)14-15-32-41(7)19-17-33(52-35(49)25-39(3,4)38(50)51)40(5,6)31(41)16-20-43(32,42)9/h10-13,18,21,26,29,31-33H,14-17,19-20,22-25H2,1-9H3,(H,46,48)(H,50,51)/b21-18+/t29?,31-,32+,33-,41?,42+,43+,44?/m0/s1. The topological polar surface area (TPSA) is 110 Å². The fraction of sp³-hybridized carbons (Fsp3) is 0.682. The number of hydrogen-bond donors (Lipinski definition) is 2. The van der Waals surface area contributed by atoms with E-state index < -0.39 is 22.8 Å². The number of benzene rings is 1. The molecule has 0 heterocycles. The molecule has 3 unspecified atom stereocenters. The molecule has 5 aliphatic rings. The van der Waals surface area contributed by atoms with Crippen molar-refractivity contribution in [3.8, 4) is 0 Å². The predicted octanol–water partition coefficient (Wildman–Crippen LogP) is 9.71. The molecule has 4 fully saturated rings. The van der Waals surface area contributed by atoms with Gasteiger partial charge in [-0.2, -0.15) is 0 Å². The van der Waals surface area contributed by atoms with Crippen LogP contribution in [-0.4, -0.2) is 34.8 Å². The number of ketones is 1. The molecule has 0 aliphatic heterocycles. The minimum absolute atomic E-state index is 0.0306. The lowest BCUT2D eigenvalue weighted by molar-refractivity contribution is -0.232. The van der Waals surface area contributed by atoms with Gasteiger partial charge in [-0.05, 0) is 141 Å². The summed E-state index contributed by atoms with van der Waals surface area (Å²) in [5.74, 6) is -0.732. The van der Waals surface area contributed by atoms with Crippen molar-refractivity contribution in [2.75, 3.05) is 5.32 Å². The van der Waals surface area contributed by atoms with Crippen molar-refractivity contribution in [1.29, 1.82) is 0 Å². The molecule has 0 bridgehead atoms. The number of rotatable bonds is 8. The zero-order valence-electron chi connectivity index (χ0n) is 32.8. The molecule has 284 valence electrons. The van der Waals surface area contributed by atoms with Crippen LogP contribution in [0.4, 0.5) is 10.1 Å². The van der Waals surface area contributed by atoms with Crippen molar-refractivity contribution < 1.29 is 33.4 Å². The van der Waals surface area contributed by atoms with Crippen molar-refractivity contribution in [1.82, 2.24) is 0 Å². The third-order valence-electron chi connectivity index (χ3n) is 15.5. The maximum absolute atomic E-state index is 13.9. The first-order valence-electron chi connectivity index (χ1n) is 19.6. The van der Waals surface area contributed by atoms with Gasteiger partial charge in [0, 0.05) is 29.0 Å². The number of aliphatic carboxylic acids is 1. The van der Waals surface area contributed by atoms with Crippen LogP contribution < -0.4 is 5.32 Å². The van der Waals surface area contributed by atoms with Gasteiger partial charge in [0.25, 0.3) is 0 Å². The second-order valence-corrected chi connectivity index (χ2v) is 19.4. The summed E-state index contributed by atoms with van der Waals surface area (Å²) in [6, 6.07) is 5.74. The summed E-state index contributed by atoms with van der Waals surface area (Å²) in [5, 5.41) is 12.5. The van der Waals surface area contributed by atoms with Gasteiger partial charge in [0.15, 0.2) is 5.78 Å². The lowest BCUT2D eigenvalue weighted by atomic mass is 9.33. The highest BCUT2D eigenvalue weighted by molar-refractivity contribution is 6.02. The molecule has 1 amide bonds. The number of allylic oxidation sites excluding steroid dienone is 3. The summed E-state index contributed by atoms with van der Waals surface area (Å²) < 4.78 is 19.6. The Kier molecular flexibility index (Phi) is 9.56. The van der Waals surface area contributed by atoms with Crippen molar-refractivity contribution >= 4 is 29.3 Å². The minimum atomic E-state index is -1.18. The minimum Gasteiger partial charge on any atom is -0.481 e. The van der Waals surface area contributed by atoms with Crippen LogP contribution in [0.25, 0.3) is 0 Å². The lowest BCUT2D eigenvalue weighted by Gasteiger charge is -2.72. The van der Waals surface area contributed by atoms with E-state index in [9.17, 15) is 28.7 Å². The summed E-state index contributed by atoms with van der Waals surface area (Å²) >= 11 is 0. The quantitative estimate of drug-likeness (QED) is 0.205. The number of carboxylic acids is 1. The zero-order valence-corrected chi connectivity index (χ0v) is 32.8. The Bertz CT molecular complexity index is 1710. The summed E-state index contributed by atoms with van der Waals surface area (Å²) in [7, 11) is 0. The molecule has 52 heavy (non-hydrogen) atoms. The zero-order chi connectivity index (χ0) is 38.2. The Morgan fingerprint density at radius 3 is 2.25 bits per heavy atom. The summed E-state index contributed by atoms with van der Waals surface area (Å²) in [4.78, 5) is 51.9. The van der Waals surface area contributed by atoms with E-state index in [1.807, 2.05) is 6.08 Å². The number of carbonyl (C=O) groups excluding carboxylic acids is 3. The van der Waals surface area contributed by atoms with Crippen molar-refractivity contribution in [3.63, 3.8) is 0 Å². The molecule has 6 rings (SSSR count). The van der Waals surface area contributed by atoms with Gasteiger partial charge in [-0.15, -0.1) is 0 Å². The van der Waals surface area contributed by atoms with Crippen LogP contribution in [-0.2, 0) is 23.9 Å². The van der Waals surface area contributed by atoms with Gasteiger partial charge in [-0.1, -0.05) is 54.5 Å². The van der Waals surface area contributed by atoms with E-state index in [0.717, 1.165) is 56.9 Å². The fourth-order valence-corrected chi connectivity index (χ4v) is 12.6.